The van der Waals surface area contributed by atoms with E-state index in [0.29, 0.717) is 13.2 Å². The Bertz CT molecular complexity index is 239. The van der Waals surface area contributed by atoms with E-state index in [9.17, 15) is 9.59 Å². The van der Waals surface area contributed by atoms with Crippen LogP contribution in [0.4, 0.5) is 0 Å². The molecule has 0 radical (unpaired) electrons. The number of rotatable bonds is 4. The number of amides is 1. The summed E-state index contributed by atoms with van der Waals surface area (Å²) in [7, 11) is 0. The molecule has 4 N–H and O–H groups in total. The van der Waals surface area contributed by atoms with Gasteiger partial charge in [-0.05, 0) is 0 Å². The Morgan fingerprint density at radius 1 is 1.60 bits per heavy atom. The number of nitrogens with one attached hydrogen (secondary N) is 2. The van der Waals surface area contributed by atoms with Crippen LogP contribution in [0.15, 0.2) is 0 Å². The number of aliphatic carboxylic acids is 1. The highest BCUT2D eigenvalue weighted by molar-refractivity contribution is 5.87. The van der Waals surface area contributed by atoms with Crippen LogP contribution >= 0.6 is 0 Å². The van der Waals surface area contributed by atoms with Crippen LogP contribution in [0.3, 0.4) is 0 Å². The molecule has 2 atom stereocenters. The van der Waals surface area contributed by atoms with Crippen molar-refractivity contribution in [3.8, 4) is 0 Å². The molecule has 0 aliphatic carbocycles. The molecule has 7 nitrogen and oxygen atoms in total. The molecular formula is C8H14N2O5. The monoisotopic (exact) mass is 218 g/mol. The van der Waals surface area contributed by atoms with E-state index >= 15 is 0 Å². The lowest BCUT2D eigenvalue weighted by Crippen LogP contribution is -2.55. The van der Waals surface area contributed by atoms with Crippen LogP contribution in [0, 0.1) is 0 Å². The summed E-state index contributed by atoms with van der Waals surface area (Å²) in [5, 5.41) is 22.4. The van der Waals surface area contributed by atoms with Crippen LogP contribution < -0.4 is 10.6 Å². The summed E-state index contributed by atoms with van der Waals surface area (Å²) in [5.41, 5.74) is 0. The first-order chi connectivity index (χ1) is 7.15. The van der Waals surface area contributed by atoms with Crippen LogP contribution in [0.1, 0.15) is 0 Å². The van der Waals surface area contributed by atoms with Crippen molar-refractivity contribution in [2.45, 2.75) is 12.1 Å². The molecule has 86 valence electrons. The van der Waals surface area contributed by atoms with Crippen molar-refractivity contribution in [2.24, 2.45) is 0 Å². The maximum Gasteiger partial charge on any atom is 0.328 e. The number of morpholine rings is 1. The molecule has 0 saturated carbocycles. The van der Waals surface area contributed by atoms with Crippen LogP contribution in [-0.2, 0) is 14.3 Å². The number of aliphatic hydroxyl groups is 1. The minimum atomic E-state index is -1.26. The summed E-state index contributed by atoms with van der Waals surface area (Å²) in [6.07, 6.45) is 0. The van der Waals surface area contributed by atoms with Gasteiger partial charge in [0, 0.05) is 6.54 Å². The molecule has 1 aliphatic heterocycles. The summed E-state index contributed by atoms with van der Waals surface area (Å²) >= 11 is 0. The molecule has 1 heterocycles. The van der Waals surface area contributed by atoms with Crippen LogP contribution in [0.2, 0.25) is 0 Å². The van der Waals surface area contributed by atoms with Gasteiger partial charge in [-0.25, -0.2) is 4.79 Å². The van der Waals surface area contributed by atoms with E-state index in [1.165, 1.54) is 0 Å². The highest BCUT2D eigenvalue weighted by Crippen LogP contribution is 1.94. The zero-order valence-electron chi connectivity index (χ0n) is 8.10. The van der Waals surface area contributed by atoms with E-state index in [0.717, 1.165) is 0 Å². The van der Waals surface area contributed by atoms with Crippen LogP contribution in [0.25, 0.3) is 0 Å². The van der Waals surface area contributed by atoms with Gasteiger partial charge >= 0.3 is 5.97 Å². The number of hydrogen-bond donors (Lipinski definition) is 4. The van der Waals surface area contributed by atoms with Gasteiger partial charge in [0.05, 0.1) is 19.8 Å². The van der Waals surface area contributed by atoms with E-state index in [1.54, 1.807) is 0 Å². The lowest BCUT2D eigenvalue weighted by Gasteiger charge is -2.24. The lowest BCUT2D eigenvalue weighted by atomic mass is 10.2. The van der Waals surface area contributed by atoms with Crippen molar-refractivity contribution in [3.63, 3.8) is 0 Å². The molecular weight excluding hydrogens is 204 g/mol. The number of carboxylic acid groups (broad SMARTS) is 1. The van der Waals surface area contributed by atoms with Crippen molar-refractivity contribution < 1.29 is 24.5 Å². The van der Waals surface area contributed by atoms with E-state index in [2.05, 4.69) is 10.6 Å². The molecule has 1 saturated heterocycles. The van der Waals surface area contributed by atoms with Crippen LogP contribution in [0.5, 0.6) is 0 Å². The van der Waals surface area contributed by atoms with Gasteiger partial charge in [-0.2, -0.15) is 0 Å². The third-order valence-electron chi connectivity index (χ3n) is 2.04. The highest BCUT2D eigenvalue weighted by atomic mass is 16.5. The SMILES string of the molecule is O=C(N[C@H](CO)C(=O)O)C1COCCN1. The minimum Gasteiger partial charge on any atom is -0.480 e. The topological polar surface area (TPSA) is 108 Å². The van der Waals surface area contributed by atoms with Crippen molar-refractivity contribution >= 4 is 11.9 Å². The van der Waals surface area contributed by atoms with Gasteiger partial charge in [0.1, 0.15) is 12.1 Å². The molecule has 0 aromatic heterocycles. The van der Waals surface area contributed by atoms with Crippen molar-refractivity contribution in [2.75, 3.05) is 26.4 Å². The van der Waals surface area contributed by atoms with E-state index < -0.39 is 30.6 Å². The fraction of sp³-hybridized carbons (Fsp3) is 0.750. The quantitative estimate of drug-likeness (QED) is 0.417. The smallest absolute Gasteiger partial charge is 0.328 e. The maximum atomic E-state index is 11.4. The first-order valence-electron chi connectivity index (χ1n) is 4.60. The lowest BCUT2D eigenvalue weighted by molar-refractivity contribution is -0.143. The van der Waals surface area contributed by atoms with Gasteiger partial charge in [0.2, 0.25) is 5.91 Å². The van der Waals surface area contributed by atoms with Gasteiger partial charge in [0.15, 0.2) is 0 Å². The summed E-state index contributed by atoms with van der Waals surface area (Å²) in [4.78, 5) is 22.0. The Morgan fingerprint density at radius 3 is 2.80 bits per heavy atom. The average molecular weight is 218 g/mol. The summed E-state index contributed by atoms with van der Waals surface area (Å²) < 4.78 is 5.05. The van der Waals surface area contributed by atoms with Crippen molar-refractivity contribution in [3.05, 3.63) is 0 Å². The van der Waals surface area contributed by atoms with E-state index in [1.807, 2.05) is 0 Å². The Balaban J connectivity index is 2.42. The largest absolute Gasteiger partial charge is 0.480 e. The van der Waals surface area contributed by atoms with E-state index in [4.69, 9.17) is 14.9 Å². The molecule has 7 heteroatoms. The number of aliphatic hydroxyl groups excluding tert-OH is 1. The standard InChI is InChI=1S/C8H14N2O5/c11-3-5(8(13)14)10-7(12)6-4-15-2-1-9-6/h5-6,9,11H,1-4H2,(H,10,12)(H,13,14)/t5-,6?/m1/s1. The van der Waals surface area contributed by atoms with Gasteiger partial charge in [-0.15, -0.1) is 0 Å². The third kappa shape index (κ3) is 3.46. The predicted octanol–water partition coefficient (Wildman–Crippen LogP) is -2.46. The fourth-order valence-electron chi connectivity index (χ4n) is 1.19. The molecule has 1 amide bonds. The Morgan fingerprint density at radius 2 is 2.33 bits per heavy atom. The molecule has 0 bridgehead atoms. The zero-order chi connectivity index (χ0) is 11.3. The van der Waals surface area contributed by atoms with Gasteiger partial charge < -0.3 is 25.6 Å². The second-order valence-electron chi connectivity index (χ2n) is 3.16. The molecule has 0 aromatic carbocycles. The molecule has 15 heavy (non-hydrogen) atoms. The minimum absolute atomic E-state index is 0.212. The van der Waals surface area contributed by atoms with Gasteiger partial charge in [-0.1, -0.05) is 0 Å². The fourth-order valence-corrected chi connectivity index (χ4v) is 1.19. The highest BCUT2D eigenvalue weighted by Gasteiger charge is 2.25. The molecule has 1 fully saturated rings. The number of carbonyl (C=O) groups excluding carboxylic acids is 1. The predicted molar refractivity (Wildman–Crippen MR) is 49.3 cm³/mol. The second kappa shape index (κ2) is 5.64. The van der Waals surface area contributed by atoms with Crippen molar-refractivity contribution in [1.29, 1.82) is 0 Å². The molecule has 0 spiro atoms. The van der Waals surface area contributed by atoms with Crippen molar-refractivity contribution in [1.82, 2.24) is 10.6 Å². The van der Waals surface area contributed by atoms with E-state index in [-0.39, 0.29) is 6.61 Å². The number of carboxylic acids is 1. The summed E-state index contributed by atoms with van der Waals surface area (Å²) in [6.45, 7) is 0.666. The Hall–Kier alpha value is -1.18. The molecule has 1 unspecified atom stereocenters. The average Bonchev–Trinajstić information content (AvgIpc) is 2.26. The Labute approximate surface area is 86.4 Å². The van der Waals surface area contributed by atoms with Gasteiger partial charge in [-0.3, -0.25) is 4.79 Å². The van der Waals surface area contributed by atoms with Crippen LogP contribution in [-0.4, -0.2) is 60.5 Å². The Kier molecular flexibility index (Phi) is 4.47. The number of hydrogen-bond acceptors (Lipinski definition) is 5. The normalized spacial score (nSPS) is 23.1. The number of ether oxygens (including phenoxy) is 1. The first kappa shape index (κ1) is 11.9. The molecule has 1 rings (SSSR count). The summed E-state index contributed by atoms with van der Waals surface area (Å²) in [5.74, 6) is -1.74. The third-order valence-corrected chi connectivity index (χ3v) is 2.04. The molecule has 1 aliphatic rings. The molecule has 0 aromatic rings. The zero-order valence-corrected chi connectivity index (χ0v) is 8.10. The summed E-state index contributed by atoms with van der Waals surface area (Å²) in [6, 6.07) is -1.81. The second-order valence-corrected chi connectivity index (χ2v) is 3.16. The maximum absolute atomic E-state index is 11.4. The number of carbonyl (C=O) groups is 2. The van der Waals surface area contributed by atoms with Gasteiger partial charge in [0.25, 0.3) is 0 Å². The first-order valence-corrected chi connectivity index (χ1v) is 4.60.